The van der Waals surface area contributed by atoms with Gasteiger partial charge < -0.3 is 0 Å². The number of carbonyl (C=O) groups excluding carboxylic acids is 2. The van der Waals surface area contributed by atoms with Gasteiger partial charge in [-0.2, -0.15) is 0 Å². The molecule has 0 atom stereocenters. The van der Waals surface area contributed by atoms with Crippen LogP contribution in [0.15, 0.2) is 6.07 Å². The number of fused-ring (bicyclic) bond motifs is 1. The Bertz CT molecular complexity index is 756. The lowest BCUT2D eigenvalue weighted by Crippen LogP contribution is -2.47. The van der Waals surface area contributed by atoms with E-state index >= 15 is 0 Å². The van der Waals surface area contributed by atoms with Gasteiger partial charge in [0.2, 0.25) is 15.9 Å². The zero-order valence-electron chi connectivity index (χ0n) is 14.9. The van der Waals surface area contributed by atoms with Gasteiger partial charge in [0, 0.05) is 23.9 Å². The molecule has 26 heavy (non-hydrogen) atoms. The Morgan fingerprint density at radius 1 is 1.12 bits per heavy atom. The third-order valence-electron chi connectivity index (χ3n) is 5.06. The van der Waals surface area contributed by atoms with Crippen LogP contribution in [0.25, 0.3) is 0 Å². The van der Waals surface area contributed by atoms with Crippen molar-refractivity contribution in [1.29, 1.82) is 0 Å². The van der Waals surface area contributed by atoms with Crippen LogP contribution in [-0.2, 0) is 27.7 Å². The third-order valence-corrected chi connectivity index (χ3v) is 7.60. The summed E-state index contributed by atoms with van der Waals surface area (Å²) in [6.07, 6.45) is 7.70. The molecular formula is C17H25N3O4S2. The van der Waals surface area contributed by atoms with Crippen LogP contribution in [0.5, 0.6) is 0 Å². The summed E-state index contributed by atoms with van der Waals surface area (Å²) >= 11 is 1.51. The average Bonchev–Trinajstić information content (AvgIpc) is 2.89. The van der Waals surface area contributed by atoms with Gasteiger partial charge in [-0.05, 0) is 50.2 Å². The number of sulfonamides is 1. The zero-order valence-corrected chi connectivity index (χ0v) is 16.5. The number of carbonyl (C=O) groups is 2. The fourth-order valence-electron chi connectivity index (χ4n) is 3.51. The van der Waals surface area contributed by atoms with Gasteiger partial charge in [0.25, 0.3) is 5.91 Å². The van der Waals surface area contributed by atoms with Crippen LogP contribution in [0.4, 0.5) is 0 Å². The number of hydrogen-bond donors (Lipinski definition) is 2. The van der Waals surface area contributed by atoms with Crippen molar-refractivity contribution in [2.24, 2.45) is 5.92 Å². The van der Waals surface area contributed by atoms with Crippen molar-refractivity contribution in [1.82, 2.24) is 15.2 Å². The van der Waals surface area contributed by atoms with Crippen molar-refractivity contribution in [3.63, 3.8) is 0 Å². The monoisotopic (exact) mass is 399 g/mol. The Labute approximate surface area is 158 Å². The smallest absolute Gasteiger partial charge is 0.273 e. The Kier molecular flexibility index (Phi) is 5.99. The quantitative estimate of drug-likeness (QED) is 0.594. The van der Waals surface area contributed by atoms with Gasteiger partial charge >= 0.3 is 0 Å². The first-order valence-corrected chi connectivity index (χ1v) is 11.7. The van der Waals surface area contributed by atoms with Gasteiger partial charge in [-0.25, -0.2) is 12.7 Å². The van der Waals surface area contributed by atoms with E-state index < -0.39 is 10.0 Å². The van der Waals surface area contributed by atoms with Crippen LogP contribution in [0.1, 0.15) is 52.2 Å². The number of hydrogen-bond acceptors (Lipinski definition) is 5. The van der Waals surface area contributed by atoms with Gasteiger partial charge in [-0.1, -0.05) is 6.42 Å². The van der Waals surface area contributed by atoms with Crippen molar-refractivity contribution in [2.75, 3.05) is 19.3 Å². The SMILES string of the molecule is CS(=O)(=O)N1CCC(C(=O)NNC(=O)c2cc3c(s2)CCCCC3)CC1. The summed E-state index contributed by atoms with van der Waals surface area (Å²) in [7, 11) is -3.21. The first kappa shape index (κ1) is 19.3. The summed E-state index contributed by atoms with van der Waals surface area (Å²) < 4.78 is 24.4. The first-order chi connectivity index (χ1) is 12.3. The molecule has 2 N–H and O–H groups in total. The minimum atomic E-state index is -3.21. The molecule has 1 aliphatic carbocycles. The number of thiophene rings is 1. The van der Waals surface area contributed by atoms with E-state index in [1.54, 1.807) is 0 Å². The normalized spacial score (nSPS) is 19.4. The minimum Gasteiger partial charge on any atom is -0.273 e. The Morgan fingerprint density at radius 3 is 2.50 bits per heavy atom. The lowest BCUT2D eigenvalue weighted by molar-refractivity contribution is -0.126. The molecule has 0 spiro atoms. The van der Waals surface area contributed by atoms with Crippen molar-refractivity contribution < 1.29 is 18.0 Å². The highest BCUT2D eigenvalue weighted by Gasteiger charge is 2.29. The summed E-state index contributed by atoms with van der Waals surface area (Å²) in [4.78, 5) is 26.5. The number of rotatable bonds is 3. The molecule has 0 bridgehead atoms. The van der Waals surface area contributed by atoms with E-state index in [1.807, 2.05) is 6.07 Å². The first-order valence-electron chi connectivity index (χ1n) is 9.01. The topological polar surface area (TPSA) is 95.6 Å². The highest BCUT2D eigenvalue weighted by atomic mass is 32.2. The van der Waals surface area contributed by atoms with Crippen LogP contribution in [0.2, 0.25) is 0 Å². The molecule has 0 saturated carbocycles. The fraction of sp³-hybridized carbons (Fsp3) is 0.647. The fourth-order valence-corrected chi connectivity index (χ4v) is 5.53. The van der Waals surface area contributed by atoms with Gasteiger partial charge in [0.1, 0.15) is 0 Å². The summed E-state index contributed by atoms with van der Waals surface area (Å²) in [6, 6.07) is 1.94. The molecule has 0 aromatic carbocycles. The molecule has 1 aliphatic heterocycles. The van der Waals surface area contributed by atoms with Gasteiger partial charge in [-0.3, -0.25) is 20.4 Å². The van der Waals surface area contributed by atoms with Crippen molar-refractivity contribution in [3.05, 3.63) is 21.4 Å². The summed E-state index contributed by atoms with van der Waals surface area (Å²) in [5.41, 5.74) is 6.26. The molecule has 1 fully saturated rings. The van der Waals surface area contributed by atoms with Gasteiger partial charge in [0.05, 0.1) is 11.1 Å². The van der Waals surface area contributed by atoms with Crippen molar-refractivity contribution in [2.45, 2.75) is 44.9 Å². The predicted octanol–water partition coefficient (Wildman–Crippen LogP) is 1.45. The standard InChI is InChI=1S/C17H25N3O4S2/c1-26(23,24)20-9-7-12(8-10-20)16(21)18-19-17(22)15-11-13-5-3-2-4-6-14(13)25-15/h11-12H,2-10H2,1H3,(H,18,21)(H,19,22). The van der Waals surface area contributed by atoms with Crippen LogP contribution >= 0.6 is 11.3 Å². The minimum absolute atomic E-state index is 0.260. The van der Waals surface area contributed by atoms with E-state index in [-0.39, 0.29) is 17.7 Å². The maximum absolute atomic E-state index is 12.3. The summed E-state index contributed by atoms with van der Waals surface area (Å²) in [5.74, 6) is -0.831. The predicted molar refractivity (Wildman–Crippen MR) is 100 cm³/mol. The van der Waals surface area contributed by atoms with Crippen molar-refractivity contribution in [3.8, 4) is 0 Å². The molecule has 2 amide bonds. The van der Waals surface area contributed by atoms with E-state index in [1.165, 1.54) is 38.8 Å². The lowest BCUT2D eigenvalue weighted by atomic mass is 9.98. The number of nitrogens with zero attached hydrogens (tertiary/aromatic N) is 1. The maximum Gasteiger partial charge on any atom is 0.279 e. The third kappa shape index (κ3) is 4.63. The summed E-state index contributed by atoms with van der Waals surface area (Å²) in [6.45, 7) is 0.672. The van der Waals surface area contributed by atoms with Crippen LogP contribution in [-0.4, -0.2) is 43.9 Å². The van der Waals surface area contributed by atoms with Crippen LogP contribution < -0.4 is 10.9 Å². The number of hydrazine groups is 1. The van der Waals surface area contributed by atoms with E-state index in [0.717, 1.165) is 25.7 Å². The Morgan fingerprint density at radius 2 is 1.81 bits per heavy atom. The molecule has 144 valence electrons. The molecular weight excluding hydrogens is 374 g/mol. The number of piperidine rings is 1. The van der Waals surface area contributed by atoms with E-state index in [2.05, 4.69) is 10.9 Å². The molecule has 9 heteroatoms. The molecule has 1 aromatic rings. The second-order valence-electron chi connectivity index (χ2n) is 7.00. The van der Waals surface area contributed by atoms with E-state index in [9.17, 15) is 18.0 Å². The second-order valence-corrected chi connectivity index (χ2v) is 10.1. The number of nitrogens with one attached hydrogen (secondary N) is 2. The molecule has 1 saturated heterocycles. The highest BCUT2D eigenvalue weighted by Crippen LogP contribution is 2.28. The van der Waals surface area contributed by atoms with E-state index in [0.29, 0.717) is 30.8 Å². The molecule has 2 aliphatic rings. The maximum atomic E-state index is 12.3. The largest absolute Gasteiger partial charge is 0.279 e. The van der Waals surface area contributed by atoms with E-state index in [4.69, 9.17) is 0 Å². The Hall–Kier alpha value is -1.45. The van der Waals surface area contributed by atoms with Gasteiger partial charge in [0.15, 0.2) is 0 Å². The van der Waals surface area contributed by atoms with Crippen LogP contribution in [0.3, 0.4) is 0 Å². The summed E-state index contributed by atoms with van der Waals surface area (Å²) in [5, 5.41) is 0. The molecule has 0 unspecified atom stereocenters. The number of aryl methyl sites for hydroxylation is 2. The number of amides is 2. The lowest BCUT2D eigenvalue weighted by Gasteiger charge is -2.29. The molecule has 0 radical (unpaired) electrons. The Balaban J connectivity index is 1.50. The molecule has 1 aromatic heterocycles. The second kappa shape index (κ2) is 8.06. The van der Waals surface area contributed by atoms with Crippen LogP contribution in [0, 0.1) is 5.92 Å². The van der Waals surface area contributed by atoms with Crippen molar-refractivity contribution >= 4 is 33.2 Å². The molecule has 7 nitrogen and oxygen atoms in total. The molecule has 3 rings (SSSR count). The molecule has 2 heterocycles. The van der Waals surface area contributed by atoms with Gasteiger partial charge in [-0.15, -0.1) is 11.3 Å². The average molecular weight is 400 g/mol. The highest BCUT2D eigenvalue weighted by molar-refractivity contribution is 7.88. The zero-order chi connectivity index (χ0) is 18.7.